The molecule has 3 rings (SSSR count). The molecule has 1 heterocycles. The van der Waals surface area contributed by atoms with Crippen molar-refractivity contribution in [1.29, 1.82) is 0 Å². The molecule has 0 aliphatic heterocycles. The molecular formula is C21H20F2N4O2S2. The van der Waals surface area contributed by atoms with Gasteiger partial charge in [0.05, 0.1) is 0 Å². The third-order valence-corrected chi connectivity index (χ3v) is 6.31. The fraction of sp³-hybridized carbons (Fsp3) is 0.238. The number of nitrogens with zero attached hydrogens (tertiary/aromatic N) is 2. The lowest BCUT2D eigenvalue weighted by atomic mass is 10.0. The Morgan fingerprint density at radius 1 is 1.03 bits per heavy atom. The Hall–Kier alpha value is -2.85. The van der Waals surface area contributed by atoms with Gasteiger partial charge < -0.3 is 5.32 Å². The van der Waals surface area contributed by atoms with Crippen molar-refractivity contribution in [1.82, 2.24) is 15.5 Å². The summed E-state index contributed by atoms with van der Waals surface area (Å²) in [5, 5.41) is 13.3. The van der Waals surface area contributed by atoms with Crippen molar-refractivity contribution in [2.45, 2.75) is 30.0 Å². The van der Waals surface area contributed by atoms with E-state index in [1.807, 2.05) is 30.3 Å². The molecule has 0 bridgehead atoms. The Morgan fingerprint density at radius 3 is 2.35 bits per heavy atom. The highest BCUT2D eigenvalue weighted by molar-refractivity contribution is 8.00. The minimum Gasteiger partial charge on any atom is -0.340 e. The van der Waals surface area contributed by atoms with Crippen molar-refractivity contribution in [3.8, 4) is 0 Å². The van der Waals surface area contributed by atoms with E-state index >= 15 is 0 Å². The highest BCUT2D eigenvalue weighted by Crippen LogP contribution is 2.28. The van der Waals surface area contributed by atoms with Gasteiger partial charge in [-0.3, -0.25) is 14.9 Å². The maximum Gasteiger partial charge on any atom is 0.257 e. The summed E-state index contributed by atoms with van der Waals surface area (Å²) in [7, 11) is 0. The number of amides is 2. The second kappa shape index (κ2) is 10.5. The van der Waals surface area contributed by atoms with E-state index in [4.69, 9.17) is 0 Å². The van der Waals surface area contributed by atoms with Crippen molar-refractivity contribution in [2.24, 2.45) is 5.92 Å². The third kappa shape index (κ3) is 6.08. The molecule has 162 valence electrons. The standard InChI is InChI=1S/C21H20F2N4O2S2/c1-12(2)17(24-18(28)16-14(22)9-6-10-15(16)23)19(29)25-20-26-27-21(31-20)30-11-13-7-4-3-5-8-13/h3-10,12,17H,11H2,1-2H3,(H,24,28)(H,25,26,29). The zero-order valence-corrected chi connectivity index (χ0v) is 18.4. The Bertz CT molecular complexity index is 1040. The Morgan fingerprint density at radius 2 is 1.71 bits per heavy atom. The molecule has 0 fully saturated rings. The summed E-state index contributed by atoms with van der Waals surface area (Å²) in [6.07, 6.45) is 0. The molecule has 6 nitrogen and oxygen atoms in total. The molecule has 1 unspecified atom stereocenters. The largest absolute Gasteiger partial charge is 0.340 e. The first kappa shape index (κ1) is 22.8. The minimum absolute atomic E-state index is 0.275. The number of thioether (sulfide) groups is 1. The van der Waals surface area contributed by atoms with Crippen LogP contribution in [0.25, 0.3) is 0 Å². The first-order valence-electron chi connectivity index (χ1n) is 9.41. The molecule has 2 amide bonds. The third-order valence-electron chi connectivity index (χ3n) is 4.27. The molecule has 0 aliphatic rings. The van der Waals surface area contributed by atoms with Crippen molar-refractivity contribution in [2.75, 3.05) is 5.32 Å². The lowest BCUT2D eigenvalue weighted by Crippen LogP contribution is -2.47. The summed E-state index contributed by atoms with van der Waals surface area (Å²) >= 11 is 2.69. The van der Waals surface area contributed by atoms with Crippen molar-refractivity contribution in [3.63, 3.8) is 0 Å². The molecule has 2 aromatic carbocycles. The van der Waals surface area contributed by atoms with E-state index in [0.717, 1.165) is 23.8 Å². The molecule has 3 aromatic rings. The van der Waals surface area contributed by atoms with E-state index in [1.54, 1.807) is 13.8 Å². The number of carbonyl (C=O) groups is 2. The van der Waals surface area contributed by atoms with Crippen LogP contribution in [0.15, 0.2) is 52.9 Å². The minimum atomic E-state index is -1.02. The highest BCUT2D eigenvalue weighted by atomic mass is 32.2. The number of hydrogen-bond donors (Lipinski definition) is 2. The summed E-state index contributed by atoms with van der Waals surface area (Å²) in [6.45, 7) is 3.42. The van der Waals surface area contributed by atoms with Gasteiger partial charge >= 0.3 is 0 Å². The number of anilines is 1. The van der Waals surface area contributed by atoms with Crippen LogP contribution in [0.3, 0.4) is 0 Å². The van der Waals surface area contributed by atoms with Crippen LogP contribution < -0.4 is 10.6 Å². The molecule has 0 saturated heterocycles. The SMILES string of the molecule is CC(C)C(NC(=O)c1c(F)cccc1F)C(=O)Nc1nnc(SCc2ccccc2)s1. The van der Waals surface area contributed by atoms with Crippen LogP contribution in [0.4, 0.5) is 13.9 Å². The molecule has 0 aliphatic carbocycles. The van der Waals surface area contributed by atoms with Gasteiger partial charge in [0.15, 0.2) is 4.34 Å². The number of aromatic nitrogens is 2. The van der Waals surface area contributed by atoms with E-state index < -0.39 is 35.1 Å². The first-order valence-corrected chi connectivity index (χ1v) is 11.2. The van der Waals surface area contributed by atoms with Gasteiger partial charge in [0.25, 0.3) is 5.91 Å². The highest BCUT2D eigenvalue weighted by Gasteiger charge is 2.28. The number of rotatable bonds is 8. The molecule has 10 heteroatoms. The monoisotopic (exact) mass is 462 g/mol. The normalized spacial score (nSPS) is 11.9. The topological polar surface area (TPSA) is 84.0 Å². The summed E-state index contributed by atoms with van der Waals surface area (Å²) in [5.41, 5.74) is 0.410. The van der Waals surface area contributed by atoms with Gasteiger partial charge in [-0.25, -0.2) is 8.78 Å². The number of hydrogen-bond acceptors (Lipinski definition) is 6. The van der Waals surface area contributed by atoms with E-state index in [-0.39, 0.29) is 11.0 Å². The lowest BCUT2D eigenvalue weighted by molar-refractivity contribution is -0.118. The van der Waals surface area contributed by atoms with E-state index in [0.29, 0.717) is 10.1 Å². The van der Waals surface area contributed by atoms with Crippen LogP contribution in [-0.4, -0.2) is 28.1 Å². The van der Waals surface area contributed by atoms with Crippen molar-refractivity contribution in [3.05, 3.63) is 71.3 Å². The molecule has 2 N–H and O–H groups in total. The van der Waals surface area contributed by atoms with Crippen LogP contribution in [0, 0.1) is 17.6 Å². The maximum atomic E-state index is 13.9. The van der Waals surface area contributed by atoms with Gasteiger partial charge in [-0.15, -0.1) is 10.2 Å². The predicted octanol–water partition coefficient (Wildman–Crippen LogP) is 4.50. The molecule has 1 atom stereocenters. The van der Waals surface area contributed by atoms with Gasteiger partial charge in [-0.1, -0.05) is 73.3 Å². The number of carbonyl (C=O) groups excluding carboxylic acids is 2. The van der Waals surface area contributed by atoms with Crippen LogP contribution in [0.1, 0.15) is 29.8 Å². The average molecular weight is 463 g/mol. The molecule has 1 aromatic heterocycles. The molecule has 31 heavy (non-hydrogen) atoms. The van der Waals surface area contributed by atoms with Crippen LogP contribution in [0.2, 0.25) is 0 Å². The van der Waals surface area contributed by atoms with E-state index in [1.165, 1.54) is 23.1 Å². The van der Waals surface area contributed by atoms with Gasteiger partial charge in [0, 0.05) is 5.75 Å². The summed E-state index contributed by atoms with van der Waals surface area (Å²) in [4.78, 5) is 25.1. The van der Waals surface area contributed by atoms with Crippen LogP contribution >= 0.6 is 23.1 Å². The molecule has 0 radical (unpaired) electrons. The van der Waals surface area contributed by atoms with E-state index in [9.17, 15) is 18.4 Å². The van der Waals surface area contributed by atoms with Crippen LogP contribution in [-0.2, 0) is 10.5 Å². The zero-order chi connectivity index (χ0) is 22.4. The van der Waals surface area contributed by atoms with Gasteiger partial charge in [-0.05, 0) is 23.6 Å². The number of benzene rings is 2. The Labute approximate surface area is 186 Å². The maximum absolute atomic E-state index is 13.9. The molecule has 0 saturated carbocycles. The van der Waals surface area contributed by atoms with Crippen LogP contribution in [0.5, 0.6) is 0 Å². The fourth-order valence-corrected chi connectivity index (χ4v) is 4.39. The fourth-order valence-electron chi connectivity index (χ4n) is 2.68. The molecular weight excluding hydrogens is 442 g/mol. The van der Waals surface area contributed by atoms with Crippen molar-refractivity contribution >= 4 is 40.0 Å². The zero-order valence-electron chi connectivity index (χ0n) is 16.8. The lowest BCUT2D eigenvalue weighted by Gasteiger charge is -2.21. The van der Waals surface area contributed by atoms with Gasteiger partial charge in [0.1, 0.15) is 23.2 Å². The first-order chi connectivity index (χ1) is 14.8. The Kier molecular flexibility index (Phi) is 7.69. The van der Waals surface area contributed by atoms with Crippen molar-refractivity contribution < 1.29 is 18.4 Å². The predicted molar refractivity (Wildman–Crippen MR) is 117 cm³/mol. The summed E-state index contributed by atoms with van der Waals surface area (Å²) in [6, 6.07) is 12.0. The average Bonchev–Trinajstić information content (AvgIpc) is 3.18. The van der Waals surface area contributed by atoms with E-state index in [2.05, 4.69) is 20.8 Å². The number of nitrogens with one attached hydrogen (secondary N) is 2. The Balaban J connectivity index is 1.63. The van der Waals surface area contributed by atoms with Gasteiger partial charge in [-0.2, -0.15) is 0 Å². The summed E-state index contributed by atoms with van der Waals surface area (Å²) in [5.74, 6) is -3.16. The molecule has 0 spiro atoms. The quantitative estimate of drug-likeness (QED) is 0.380. The van der Waals surface area contributed by atoms with Gasteiger partial charge in [0.2, 0.25) is 11.0 Å². The summed E-state index contributed by atoms with van der Waals surface area (Å²) < 4.78 is 28.4. The number of halogens is 2. The second-order valence-corrected chi connectivity index (χ2v) is 9.13. The second-order valence-electron chi connectivity index (χ2n) is 6.93. The smallest absolute Gasteiger partial charge is 0.257 e.